The number of hydrogen-bond acceptors (Lipinski definition) is 4. The van der Waals surface area contributed by atoms with E-state index in [9.17, 15) is 13.7 Å². The average molecular weight is 458 g/mol. The Morgan fingerprint density at radius 3 is 2.47 bits per heavy atom. The molecule has 0 saturated carbocycles. The van der Waals surface area contributed by atoms with Crippen LogP contribution in [0.1, 0.15) is 16.7 Å². The molecule has 0 bridgehead atoms. The molecule has 7 heteroatoms. The standard InChI is InChI=1S/C23H17Cl2NO3S/c1-16-5-9-21(10-6-16)30(27,28)22(14-26)12-17-3-2-4-20(11-17)29-15-18-7-8-19(24)13-23(18)25/h2-13H,15H2,1H3. The van der Waals surface area contributed by atoms with E-state index in [1.165, 1.54) is 18.2 Å². The quantitative estimate of drug-likeness (QED) is 0.412. The maximum atomic E-state index is 12.8. The molecule has 152 valence electrons. The van der Waals surface area contributed by atoms with Crippen LogP contribution in [0.3, 0.4) is 0 Å². The van der Waals surface area contributed by atoms with Crippen molar-refractivity contribution in [3.63, 3.8) is 0 Å². The van der Waals surface area contributed by atoms with Crippen LogP contribution in [0.25, 0.3) is 6.08 Å². The van der Waals surface area contributed by atoms with Gasteiger partial charge < -0.3 is 4.74 Å². The zero-order valence-corrected chi connectivity index (χ0v) is 18.3. The van der Waals surface area contributed by atoms with Crippen LogP contribution in [-0.2, 0) is 16.4 Å². The molecule has 0 aliphatic rings. The second kappa shape index (κ2) is 9.36. The van der Waals surface area contributed by atoms with E-state index in [0.717, 1.165) is 11.1 Å². The molecule has 0 N–H and O–H groups in total. The van der Waals surface area contributed by atoms with Crippen LogP contribution < -0.4 is 4.74 Å². The molecule has 0 atom stereocenters. The molecule has 0 heterocycles. The summed E-state index contributed by atoms with van der Waals surface area (Å²) in [6.07, 6.45) is 1.33. The highest BCUT2D eigenvalue weighted by Gasteiger charge is 2.20. The first-order valence-electron chi connectivity index (χ1n) is 8.90. The van der Waals surface area contributed by atoms with Crippen molar-refractivity contribution in [3.05, 3.63) is 98.4 Å². The lowest BCUT2D eigenvalue weighted by Crippen LogP contribution is -2.03. The van der Waals surface area contributed by atoms with Gasteiger partial charge >= 0.3 is 0 Å². The van der Waals surface area contributed by atoms with Gasteiger partial charge in [-0.1, -0.05) is 59.1 Å². The number of nitrogens with zero attached hydrogens (tertiary/aromatic N) is 1. The van der Waals surface area contributed by atoms with E-state index in [1.807, 2.05) is 6.92 Å². The van der Waals surface area contributed by atoms with Gasteiger partial charge in [0.25, 0.3) is 0 Å². The van der Waals surface area contributed by atoms with Gasteiger partial charge in [-0.3, -0.25) is 0 Å². The van der Waals surface area contributed by atoms with Crippen molar-refractivity contribution in [3.8, 4) is 11.8 Å². The highest BCUT2D eigenvalue weighted by Crippen LogP contribution is 2.25. The summed E-state index contributed by atoms with van der Waals surface area (Å²) >= 11 is 12.1. The van der Waals surface area contributed by atoms with Crippen LogP contribution in [0.2, 0.25) is 10.0 Å². The summed E-state index contributed by atoms with van der Waals surface area (Å²) in [7, 11) is -3.91. The number of aryl methyl sites for hydroxylation is 1. The van der Waals surface area contributed by atoms with E-state index in [0.29, 0.717) is 21.4 Å². The monoisotopic (exact) mass is 457 g/mol. The second-order valence-corrected chi connectivity index (χ2v) is 9.30. The molecule has 0 amide bonds. The minimum atomic E-state index is -3.91. The minimum absolute atomic E-state index is 0.0747. The Morgan fingerprint density at radius 1 is 1.07 bits per heavy atom. The fourth-order valence-electron chi connectivity index (χ4n) is 2.66. The molecule has 0 aromatic heterocycles. The number of nitriles is 1. The first kappa shape index (κ1) is 21.9. The molecule has 4 nitrogen and oxygen atoms in total. The molecule has 3 aromatic rings. The van der Waals surface area contributed by atoms with Gasteiger partial charge in [-0.05, 0) is 55.0 Å². The molecule has 0 radical (unpaired) electrons. The lowest BCUT2D eigenvalue weighted by molar-refractivity contribution is 0.306. The van der Waals surface area contributed by atoms with Crippen molar-refractivity contribution >= 4 is 39.1 Å². The van der Waals surface area contributed by atoms with Crippen LogP contribution in [-0.4, -0.2) is 8.42 Å². The SMILES string of the molecule is Cc1ccc(S(=O)(=O)C(C#N)=Cc2cccc(OCc3ccc(Cl)cc3Cl)c2)cc1. The van der Waals surface area contributed by atoms with Gasteiger partial charge in [0.15, 0.2) is 0 Å². The van der Waals surface area contributed by atoms with Crippen LogP contribution in [0.4, 0.5) is 0 Å². The van der Waals surface area contributed by atoms with Crippen molar-refractivity contribution in [2.45, 2.75) is 18.4 Å². The van der Waals surface area contributed by atoms with E-state index >= 15 is 0 Å². The number of halogens is 2. The lowest BCUT2D eigenvalue weighted by Gasteiger charge is -2.09. The van der Waals surface area contributed by atoms with Gasteiger partial charge in [0.2, 0.25) is 9.84 Å². The molecule has 0 aliphatic heterocycles. The lowest BCUT2D eigenvalue weighted by atomic mass is 10.2. The van der Waals surface area contributed by atoms with Crippen molar-refractivity contribution in [1.29, 1.82) is 5.26 Å². The van der Waals surface area contributed by atoms with Crippen LogP contribution in [0.15, 0.2) is 76.5 Å². The number of hydrogen-bond donors (Lipinski definition) is 0. The number of allylic oxidation sites excluding steroid dienone is 1. The molecule has 0 spiro atoms. The fourth-order valence-corrected chi connectivity index (χ4v) is 4.28. The molecule has 0 aliphatic carbocycles. The third-order valence-corrected chi connectivity index (χ3v) is 6.56. The Hall–Kier alpha value is -2.78. The predicted molar refractivity (Wildman–Crippen MR) is 119 cm³/mol. The van der Waals surface area contributed by atoms with E-state index in [2.05, 4.69) is 0 Å². The third kappa shape index (κ3) is 5.22. The first-order chi connectivity index (χ1) is 14.3. The summed E-state index contributed by atoms with van der Waals surface area (Å²) in [6.45, 7) is 2.08. The predicted octanol–water partition coefficient (Wildman–Crippen LogP) is 6.22. The fraction of sp³-hybridized carbons (Fsp3) is 0.0870. The minimum Gasteiger partial charge on any atom is -0.489 e. The highest BCUT2D eigenvalue weighted by molar-refractivity contribution is 7.95. The first-order valence-corrected chi connectivity index (χ1v) is 11.1. The Morgan fingerprint density at radius 2 is 1.80 bits per heavy atom. The van der Waals surface area contributed by atoms with Gasteiger partial charge in [-0.2, -0.15) is 5.26 Å². The van der Waals surface area contributed by atoms with Gasteiger partial charge in [-0.15, -0.1) is 0 Å². The van der Waals surface area contributed by atoms with E-state index < -0.39 is 9.84 Å². The zero-order chi connectivity index (χ0) is 21.7. The molecule has 0 fully saturated rings. The number of rotatable bonds is 6. The molecule has 3 aromatic carbocycles. The molecule has 30 heavy (non-hydrogen) atoms. The molecular formula is C23H17Cl2NO3S. The molecule has 0 saturated heterocycles. The Labute approximate surface area is 185 Å². The number of sulfone groups is 1. The van der Waals surface area contributed by atoms with Crippen LogP contribution >= 0.6 is 23.2 Å². The number of ether oxygens (including phenoxy) is 1. The highest BCUT2D eigenvalue weighted by atomic mass is 35.5. The smallest absolute Gasteiger partial charge is 0.216 e. The van der Waals surface area contributed by atoms with E-state index in [-0.39, 0.29) is 16.4 Å². The Balaban J connectivity index is 1.84. The van der Waals surface area contributed by atoms with Gasteiger partial charge in [0, 0.05) is 15.6 Å². The summed E-state index contributed by atoms with van der Waals surface area (Å²) in [5.74, 6) is 0.514. The van der Waals surface area contributed by atoms with E-state index in [1.54, 1.807) is 60.7 Å². The van der Waals surface area contributed by atoms with Crippen molar-refractivity contribution in [1.82, 2.24) is 0 Å². The van der Waals surface area contributed by atoms with Crippen molar-refractivity contribution < 1.29 is 13.2 Å². The molecular weight excluding hydrogens is 441 g/mol. The summed E-state index contributed by atoms with van der Waals surface area (Å²) in [4.78, 5) is -0.269. The average Bonchev–Trinajstić information content (AvgIpc) is 2.72. The summed E-state index contributed by atoms with van der Waals surface area (Å²) in [5, 5.41) is 10.5. The Bertz CT molecular complexity index is 1240. The van der Waals surface area contributed by atoms with Gasteiger partial charge in [-0.25, -0.2) is 8.42 Å². The Kier molecular flexibility index (Phi) is 6.84. The molecule has 0 unspecified atom stereocenters. The largest absolute Gasteiger partial charge is 0.489 e. The van der Waals surface area contributed by atoms with Gasteiger partial charge in [0.1, 0.15) is 23.3 Å². The van der Waals surface area contributed by atoms with Gasteiger partial charge in [0.05, 0.1) is 4.90 Å². The van der Waals surface area contributed by atoms with E-state index in [4.69, 9.17) is 27.9 Å². The summed E-state index contributed by atoms with van der Waals surface area (Å²) < 4.78 is 31.3. The topological polar surface area (TPSA) is 67.2 Å². The zero-order valence-electron chi connectivity index (χ0n) is 16.0. The summed E-state index contributed by atoms with van der Waals surface area (Å²) in [6, 6.07) is 20.1. The van der Waals surface area contributed by atoms with Crippen LogP contribution in [0, 0.1) is 18.3 Å². The summed E-state index contributed by atoms with van der Waals surface area (Å²) in [5.41, 5.74) is 2.23. The molecule has 3 rings (SSSR count). The normalized spacial score (nSPS) is 11.7. The maximum absolute atomic E-state index is 12.8. The van der Waals surface area contributed by atoms with Crippen LogP contribution in [0.5, 0.6) is 5.75 Å². The number of benzene rings is 3. The van der Waals surface area contributed by atoms with Crippen molar-refractivity contribution in [2.75, 3.05) is 0 Å². The maximum Gasteiger partial charge on any atom is 0.216 e. The third-order valence-electron chi connectivity index (χ3n) is 4.30. The van der Waals surface area contributed by atoms with Crippen molar-refractivity contribution in [2.24, 2.45) is 0 Å². The second-order valence-electron chi connectivity index (χ2n) is 6.53.